The first-order valence-electron chi connectivity index (χ1n) is 11.1. The lowest BCUT2D eigenvalue weighted by molar-refractivity contribution is -0.110. The Labute approximate surface area is 195 Å². The first-order valence-corrected chi connectivity index (χ1v) is 11.4. The lowest BCUT2D eigenvalue weighted by Gasteiger charge is -2.29. The van der Waals surface area contributed by atoms with E-state index in [-0.39, 0.29) is 17.0 Å². The molecule has 1 saturated heterocycles. The summed E-state index contributed by atoms with van der Waals surface area (Å²) in [7, 11) is 0. The van der Waals surface area contributed by atoms with Crippen LogP contribution in [0.15, 0.2) is 47.0 Å². The molecule has 7 nitrogen and oxygen atoms in total. The second-order valence-corrected chi connectivity index (χ2v) is 9.00. The summed E-state index contributed by atoms with van der Waals surface area (Å²) >= 11 is 6.58. The van der Waals surface area contributed by atoms with Gasteiger partial charge in [-0.1, -0.05) is 28.9 Å². The van der Waals surface area contributed by atoms with Gasteiger partial charge in [0.2, 0.25) is 0 Å². The molecule has 1 aromatic heterocycles. The van der Waals surface area contributed by atoms with Crippen molar-refractivity contribution in [3.05, 3.63) is 64.5 Å². The van der Waals surface area contributed by atoms with Gasteiger partial charge in [-0.25, -0.2) is 0 Å². The highest BCUT2D eigenvalue weighted by atomic mass is 35.5. The highest BCUT2D eigenvalue weighted by Gasteiger charge is 2.33. The van der Waals surface area contributed by atoms with Gasteiger partial charge >= 0.3 is 0 Å². The van der Waals surface area contributed by atoms with Gasteiger partial charge in [0, 0.05) is 41.9 Å². The van der Waals surface area contributed by atoms with Gasteiger partial charge in [0.05, 0.1) is 29.5 Å². The Morgan fingerprint density at radius 3 is 2.58 bits per heavy atom. The average Bonchev–Trinajstić information content (AvgIpc) is 3.48. The SMILES string of the molecule is O=C1Nc2cc(Cl)c(-c3ccc(N4CCOCC4)cc3)cc2C1=C(O)c1cc(C2CC2)on1. The molecule has 1 amide bonds. The van der Waals surface area contributed by atoms with Crippen molar-refractivity contribution in [3.8, 4) is 11.1 Å². The Morgan fingerprint density at radius 2 is 1.85 bits per heavy atom. The van der Waals surface area contributed by atoms with Crippen molar-refractivity contribution in [1.82, 2.24) is 5.16 Å². The van der Waals surface area contributed by atoms with E-state index in [2.05, 4.69) is 27.5 Å². The molecule has 0 unspecified atom stereocenters. The van der Waals surface area contributed by atoms with E-state index in [9.17, 15) is 9.90 Å². The third kappa shape index (κ3) is 3.67. The lowest BCUT2D eigenvalue weighted by atomic mass is 9.98. The van der Waals surface area contributed by atoms with Crippen LogP contribution in [-0.4, -0.2) is 42.5 Å². The van der Waals surface area contributed by atoms with Gasteiger partial charge in [0.15, 0.2) is 5.76 Å². The predicted molar refractivity (Wildman–Crippen MR) is 126 cm³/mol. The van der Waals surface area contributed by atoms with Crippen molar-refractivity contribution in [2.24, 2.45) is 0 Å². The van der Waals surface area contributed by atoms with E-state index in [1.54, 1.807) is 12.1 Å². The van der Waals surface area contributed by atoms with Crippen LogP contribution in [0.1, 0.15) is 35.8 Å². The first kappa shape index (κ1) is 20.3. The summed E-state index contributed by atoms with van der Waals surface area (Å²) in [5.41, 5.74) is 4.42. The summed E-state index contributed by atoms with van der Waals surface area (Å²) < 4.78 is 10.8. The van der Waals surface area contributed by atoms with Crippen LogP contribution in [0.25, 0.3) is 22.5 Å². The molecule has 33 heavy (non-hydrogen) atoms. The number of aliphatic hydroxyl groups is 1. The van der Waals surface area contributed by atoms with Crippen LogP contribution in [0, 0.1) is 0 Å². The summed E-state index contributed by atoms with van der Waals surface area (Å²) in [6.45, 7) is 3.19. The fourth-order valence-electron chi connectivity index (χ4n) is 4.41. The second kappa shape index (κ2) is 7.93. The topological polar surface area (TPSA) is 87.8 Å². The Hall–Kier alpha value is -3.29. The number of nitrogens with zero attached hydrogens (tertiary/aromatic N) is 2. The molecule has 2 fully saturated rings. The van der Waals surface area contributed by atoms with Crippen molar-refractivity contribution in [2.45, 2.75) is 18.8 Å². The summed E-state index contributed by atoms with van der Waals surface area (Å²) in [6.07, 6.45) is 2.11. The Balaban J connectivity index is 1.36. The molecule has 2 aromatic carbocycles. The fourth-order valence-corrected chi connectivity index (χ4v) is 4.68. The third-order valence-electron chi connectivity index (χ3n) is 6.39. The molecule has 3 aliphatic rings. The molecule has 0 radical (unpaired) electrons. The summed E-state index contributed by atoms with van der Waals surface area (Å²) in [5.74, 6) is 0.514. The maximum atomic E-state index is 12.7. The van der Waals surface area contributed by atoms with Gasteiger partial charge < -0.3 is 24.6 Å². The number of rotatable bonds is 4. The molecule has 3 aromatic rings. The highest BCUT2D eigenvalue weighted by molar-refractivity contribution is 6.38. The molecule has 1 aliphatic carbocycles. The quantitative estimate of drug-likeness (QED) is 0.414. The number of morpholine rings is 1. The summed E-state index contributed by atoms with van der Waals surface area (Å²) in [4.78, 5) is 15.0. The summed E-state index contributed by atoms with van der Waals surface area (Å²) in [6, 6.07) is 13.4. The van der Waals surface area contributed by atoms with Crippen molar-refractivity contribution in [2.75, 3.05) is 36.5 Å². The molecule has 0 atom stereocenters. The van der Waals surface area contributed by atoms with E-state index in [0.717, 1.165) is 61.7 Å². The number of hydrogen-bond donors (Lipinski definition) is 2. The van der Waals surface area contributed by atoms with Gasteiger partial charge in [-0.15, -0.1) is 0 Å². The Bertz CT molecular complexity index is 1270. The van der Waals surface area contributed by atoms with Gasteiger partial charge in [-0.3, -0.25) is 4.79 Å². The Kier molecular flexibility index (Phi) is 4.89. The normalized spacial score (nSPS) is 19.4. The smallest absolute Gasteiger partial charge is 0.260 e. The van der Waals surface area contributed by atoms with Gasteiger partial charge in [-0.2, -0.15) is 0 Å². The van der Waals surface area contributed by atoms with E-state index in [0.29, 0.717) is 22.2 Å². The van der Waals surface area contributed by atoms with Crippen LogP contribution in [0.2, 0.25) is 5.02 Å². The lowest BCUT2D eigenvalue weighted by Crippen LogP contribution is -2.36. The number of nitrogens with one attached hydrogen (secondary N) is 1. The molecule has 2 aliphatic heterocycles. The van der Waals surface area contributed by atoms with Crippen molar-refractivity contribution >= 4 is 40.2 Å². The molecule has 168 valence electrons. The van der Waals surface area contributed by atoms with E-state index in [1.807, 2.05) is 18.2 Å². The average molecular weight is 464 g/mol. The van der Waals surface area contributed by atoms with Crippen LogP contribution < -0.4 is 10.2 Å². The molecular formula is C25H22ClN3O4. The zero-order chi connectivity index (χ0) is 22.5. The molecule has 3 heterocycles. The van der Waals surface area contributed by atoms with Crippen LogP contribution in [0.4, 0.5) is 11.4 Å². The van der Waals surface area contributed by atoms with Crippen molar-refractivity contribution < 1.29 is 19.2 Å². The number of carbonyl (C=O) groups excluding carboxylic acids is 1. The predicted octanol–water partition coefficient (Wildman–Crippen LogP) is 5.09. The minimum Gasteiger partial charge on any atom is -0.505 e. The number of aromatic nitrogens is 1. The maximum absolute atomic E-state index is 12.7. The van der Waals surface area contributed by atoms with Crippen LogP contribution in [0.3, 0.4) is 0 Å². The zero-order valence-corrected chi connectivity index (χ0v) is 18.6. The molecule has 1 saturated carbocycles. The minimum absolute atomic E-state index is 0.170. The molecule has 6 rings (SSSR count). The molecular weight excluding hydrogens is 442 g/mol. The number of halogens is 1. The largest absolute Gasteiger partial charge is 0.505 e. The minimum atomic E-state index is -0.394. The van der Waals surface area contributed by atoms with Crippen LogP contribution in [-0.2, 0) is 9.53 Å². The van der Waals surface area contributed by atoms with E-state index in [1.165, 1.54) is 0 Å². The number of benzene rings is 2. The molecule has 0 bridgehead atoms. The Morgan fingerprint density at radius 1 is 1.09 bits per heavy atom. The third-order valence-corrected chi connectivity index (χ3v) is 6.71. The number of ether oxygens (including phenoxy) is 1. The molecule has 8 heteroatoms. The second-order valence-electron chi connectivity index (χ2n) is 8.59. The monoisotopic (exact) mass is 463 g/mol. The summed E-state index contributed by atoms with van der Waals surface area (Å²) in [5, 5.41) is 18.2. The van der Waals surface area contributed by atoms with Gasteiger partial charge in [-0.05, 0) is 42.7 Å². The van der Waals surface area contributed by atoms with Gasteiger partial charge in [0.1, 0.15) is 11.5 Å². The van der Waals surface area contributed by atoms with E-state index < -0.39 is 5.91 Å². The van der Waals surface area contributed by atoms with Crippen molar-refractivity contribution in [1.29, 1.82) is 0 Å². The zero-order valence-electron chi connectivity index (χ0n) is 17.8. The number of anilines is 2. The maximum Gasteiger partial charge on any atom is 0.260 e. The number of hydrogen-bond acceptors (Lipinski definition) is 6. The highest BCUT2D eigenvalue weighted by Crippen LogP contribution is 2.44. The van der Waals surface area contributed by atoms with E-state index >= 15 is 0 Å². The fraction of sp³-hybridized carbons (Fsp3) is 0.280. The van der Waals surface area contributed by atoms with E-state index in [4.69, 9.17) is 20.9 Å². The number of aliphatic hydroxyl groups excluding tert-OH is 1. The number of amides is 1. The van der Waals surface area contributed by atoms with Crippen LogP contribution in [0.5, 0.6) is 0 Å². The van der Waals surface area contributed by atoms with Crippen LogP contribution >= 0.6 is 11.6 Å². The molecule has 0 spiro atoms. The standard InChI is InChI=1S/C25H22ClN3O4/c26-19-12-20-18(11-17(19)14-3-5-16(6-4-14)29-7-9-32-10-8-29)23(25(31)27-20)24(30)21-13-22(33-28-21)15-1-2-15/h3-6,11-13,15,30H,1-2,7-10H2,(H,27,31). The molecule has 2 N–H and O–H groups in total. The number of carbonyl (C=O) groups is 1. The number of fused-ring (bicyclic) bond motifs is 1. The van der Waals surface area contributed by atoms with Crippen molar-refractivity contribution in [3.63, 3.8) is 0 Å². The first-order chi connectivity index (χ1) is 16.1. The van der Waals surface area contributed by atoms with Gasteiger partial charge in [0.25, 0.3) is 5.91 Å².